The van der Waals surface area contributed by atoms with Crippen LogP contribution >= 0.6 is 11.3 Å². The van der Waals surface area contributed by atoms with Crippen LogP contribution in [0, 0.1) is 23.0 Å². The van der Waals surface area contributed by atoms with Crippen molar-refractivity contribution in [2.24, 2.45) is 11.7 Å². The fourth-order valence-electron chi connectivity index (χ4n) is 3.62. The van der Waals surface area contributed by atoms with E-state index in [-0.39, 0.29) is 39.4 Å². The van der Waals surface area contributed by atoms with Crippen LogP contribution in [0.5, 0.6) is 0 Å². The van der Waals surface area contributed by atoms with Crippen molar-refractivity contribution in [3.8, 4) is 0 Å². The minimum absolute atomic E-state index is 0.0253. The quantitative estimate of drug-likeness (QED) is 0.371. The van der Waals surface area contributed by atoms with Gasteiger partial charge in [0.05, 0.1) is 35.0 Å². The number of anilines is 1. The number of carbonyl (C=O) groups excluding carboxylic acids is 2. The van der Waals surface area contributed by atoms with E-state index in [1.807, 2.05) is 0 Å². The first kappa shape index (κ1) is 22.7. The van der Waals surface area contributed by atoms with Gasteiger partial charge in [0, 0.05) is 5.39 Å². The van der Waals surface area contributed by atoms with Gasteiger partial charge in [-0.15, -0.1) is 11.3 Å². The number of nitrogens with two attached hydrogens (primary N) is 1. The van der Waals surface area contributed by atoms with Gasteiger partial charge < -0.3 is 21.2 Å². The SMILES string of the molecule is Cc1cc([N+](=O)[O-])nn1CC(C)C(=O)Nc1c(C(N)=O)sc2nc(C(F)F)cc(C3CC3)c12. The third-order valence-corrected chi connectivity index (χ3v) is 6.57. The molecule has 4 rings (SSSR count). The number of rotatable bonds is 8. The van der Waals surface area contributed by atoms with E-state index in [1.54, 1.807) is 13.8 Å². The van der Waals surface area contributed by atoms with Gasteiger partial charge in [-0.05, 0) is 42.2 Å². The van der Waals surface area contributed by atoms with E-state index in [4.69, 9.17) is 5.73 Å². The van der Waals surface area contributed by atoms with Crippen molar-refractivity contribution < 1.29 is 23.3 Å². The number of aromatic nitrogens is 3. The summed E-state index contributed by atoms with van der Waals surface area (Å²) >= 11 is 0.863. The van der Waals surface area contributed by atoms with Crippen molar-refractivity contribution in [1.82, 2.24) is 14.8 Å². The number of nitrogens with zero attached hydrogens (tertiary/aromatic N) is 4. The van der Waals surface area contributed by atoms with Crippen LogP contribution in [0.25, 0.3) is 10.2 Å². The van der Waals surface area contributed by atoms with Crippen molar-refractivity contribution in [3.63, 3.8) is 0 Å². The van der Waals surface area contributed by atoms with Gasteiger partial charge >= 0.3 is 5.82 Å². The summed E-state index contributed by atoms with van der Waals surface area (Å²) in [7, 11) is 0. The molecule has 1 fully saturated rings. The molecule has 2 amide bonds. The molecular weight excluding hydrogens is 458 g/mol. The largest absolute Gasteiger partial charge is 0.390 e. The highest BCUT2D eigenvalue weighted by molar-refractivity contribution is 7.21. The third kappa shape index (κ3) is 4.40. The predicted molar refractivity (Wildman–Crippen MR) is 116 cm³/mol. The predicted octanol–water partition coefficient (Wildman–Crippen LogP) is 3.90. The van der Waals surface area contributed by atoms with Crippen molar-refractivity contribution in [2.45, 2.75) is 45.6 Å². The fraction of sp³-hybridized carbons (Fsp3) is 0.400. The maximum Gasteiger partial charge on any atom is 0.390 e. The van der Waals surface area contributed by atoms with Gasteiger partial charge in [0.1, 0.15) is 15.4 Å². The molecule has 0 aliphatic heterocycles. The highest BCUT2D eigenvalue weighted by atomic mass is 32.1. The highest BCUT2D eigenvalue weighted by Crippen LogP contribution is 2.48. The standard InChI is InChI=1S/C20H20F2N6O4S/c1-8(7-27-9(2)5-13(26-27)28(31)32)19(30)25-15-14-11(10-3-4-10)6-12(17(21)22)24-20(14)33-16(15)18(23)29/h5-6,8,10,17H,3-4,7H2,1-2H3,(H2,23,29)(H,25,30). The number of amides is 2. The molecule has 13 heteroatoms. The first-order valence-corrected chi connectivity index (χ1v) is 10.9. The molecule has 1 saturated carbocycles. The van der Waals surface area contributed by atoms with Gasteiger partial charge in [0.15, 0.2) is 0 Å². The Morgan fingerprint density at radius 3 is 2.64 bits per heavy atom. The number of thiophene rings is 1. The Morgan fingerprint density at radius 2 is 2.09 bits per heavy atom. The van der Waals surface area contributed by atoms with Crippen molar-refractivity contribution >= 4 is 44.9 Å². The molecular formula is C20H20F2N6O4S. The van der Waals surface area contributed by atoms with E-state index in [2.05, 4.69) is 15.4 Å². The van der Waals surface area contributed by atoms with Gasteiger partial charge in [0.25, 0.3) is 12.3 Å². The normalized spacial score (nSPS) is 14.6. The highest BCUT2D eigenvalue weighted by Gasteiger charge is 2.32. The molecule has 3 aromatic heterocycles. The minimum atomic E-state index is -2.77. The fourth-order valence-corrected chi connectivity index (χ4v) is 4.65. The Bertz CT molecular complexity index is 1280. The van der Waals surface area contributed by atoms with E-state index in [0.717, 1.165) is 24.2 Å². The molecule has 0 saturated heterocycles. The van der Waals surface area contributed by atoms with Crippen molar-refractivity contribution in [2.75, 3.05) is 5.32 Å². The number of aryl methyl sites for hydroxylation is 1. The topological polar surface area (TPSA) is 146 Å². The summed E-state index contributed by atoms with van der Waals surface area (Å²) in [6.45, 7) is 3.30. The Morgan fingerprint density at radius 1 is 1.39 bits per heavy atom. The lowest BCUT2D eigenvalue weighted by Gasteiger charge is -2.13. The van der Waals surface area contributed by atoms with Crippen molar-refractivity contribution in [3.05, 3.63) is 44.1 Å². The first-order chi connectivity index (χ1) is 15.6. The van der Waals surface area contributed by atoms with Crippen LogP contribution in [0.1, 0.15) is 58.7 Å². The van der Waals surface area contributed by atoms with Crippen LogP contribution < -0.4 is 11.1 Å². The summed E-state index contributed by atoms with van der Waals surface area (Å²) in [4.78, 5) is 39.6. The number of hydrogen-bond donors (Lipinski definition) is 2. The summed E-state index contributed by atoms with van der Waals surface area (Å²) in [5.74, 6) is -2.25. The number of primary amides is 1. The van der Waals surface area contributed by atoms with Crippen LogP contribution in [0.2, 0.25) is 0 Å². The molecule has 0 spiro atoms. The summed E-state index contributed by atoms with van der Waals surface area (Å²) in [5.41, 5.74) is 6.42. The summed E-state index contributed by atoms with van der Waals surface area (Å²) in [6.07, 6.45) is -1.15. The zero-order chi connectivity index (χ0) is 24.0. The van der Waals surface area contributed by atoms with Gasteiger partial charge in [-0.1, -0.05) is 6.92 Å². The van der Waals surface area contributed by atoms with Gasteiger partial charge in [-0.2, -0.15) is 4.68 Å². The molecule has 1 atom stereocenters. The molecule has 3 aromatic rings. The van der Waals surface area contributed by atoms with E-state index in [9.17, 15) is 28.5 Å². The second-order valence-electron chi connectivity index (χ2n) is 8.04. The average molecular weight is 478 g/mol. The second kappa shape index (κ2) is 8.46. The zero-order valence-corrected chi connectivity index (χ0v) is 18.5. The lowest BCUT2D eigenvalue weighted by Crippen LogP contribution is -2.26. The molecule has 1 unspecified atom stereocenters. The second-order valence-corrected chi connectivity index (χ2v) is 9.03. The van der Waals surface area contributed by atoms with Crippen LogP contribution in [-0.4, -0.2) is 31.5 Å². The monoisotopic (exact) mass is 478 g/mol. The molecule has 3 N–H and O–H groups in total. The summed E-state index contributed by atoms with van der Waals surface area (Å²) in [5, 5.41) is 18.0. The number of alkyl halides is 2. The molecule has 0 radical (unpaired) electrons. The van der Waals surface area contributed by atoms with Crippen molar-refractivity contribution in [1.29, 1.82) is 0 Å². The van der Waals surface area contributed by atoms with Crippen LogP contribution in [0.15, 0.2) is 12.1 Å². The molecule has 1 aliphatic rings. The number of hydrogen-bond acceptors (Lipinski definition) is 7. The van der Waals surface area contributed by atoms with E-state index >= 15 is 0 Å². The molecule has 10 nitrogen and oxygen atoms in total. The average Bonchev–Trinajstić information content (AvgIpc) is 3.44. The molecule has 174 valence electrons. The number of carbonyl (C=O) groups is 2. The Balaban J connectivity index is 1.68. The maximum absolute atomic E-state index is 13.4. The van der Waals surface area contributed by atoms with E-state index in [0.29, 0.717) is 16.6 Å². The first-order valence-electron chi connectivity index (χ1n) is 10.1. The van der Waals surface area contributed by atoms with Crippen LogP contribution in [0.3, 0.4) is 0 Å². The Hall–Kier alpha value is -3.48. The smallest absolute Gasteiger partial charge is 0.365 e. The van der Waals surface area contributed by atoms with Crippen LogP contribution in [0.4, 0.5) is 20.3 Å². The van der Waals surface area contributed by atoms with Gasteiger partial charge in [-0.25, -0.2) is 13.8 Å². The Kier molecular flexibility index (Phi) is 5.82. The maximum atomic E-state index is 13.4. The molecule has 0 aromatic carbocycles. The number of nitro groups is 1. The number of pyridine rings is 1. The molecule has 1 aliphatic carbocycles. The summed E-state index contributed by atoms with van der Waals surface area (Å²) in [6, 6.07) is 2.63. The third-order valence-electron chi connectivity index (χ3n) is 5.47. The molecule has 33 heavy (non-hydrogen) atoms. The van der Waals surface area contributed by atoms with E-state index < -0.39 is 29.1 Å². The zero-order valence-electron chi connectivity index (χ0n) is 17.7. The van der Waals surface area contributed by atoms with Crippen LogP contribution in [-0.2, 0) is 11.3 Å². The van der Waals surface area contributed by atoms with Gasteiger partial charge in [-0.3, -0.25) is 9.59 Å². The molecule has 0 bridgehead atoms. The Labute approximate surface area is 189 Å². The number of fused-ring (bicyclic) bond motifs is 1. The van der Waals surface area contributed by atoms with Gasteiger partial charge in [0.2, 0.25) is 5.91 Å². The number of nitrogens with one attached hydrogen (secondary N) is 1. The lowest BCUT2D eigenvalue weighted by atomic mass is 10.0. The summed E-state index contributed by atoms with van der Waals surface area (Å²) < 4.78 is 28.1. The van der Waals surface area contributed by atoms with E-state index in [1.165, 1.54) is 16.8 Å². The minimum Gasteiger partial charge on any atom is -0.365 e. The lowest BCUT2D eigenvalue weighted by molar-refractivity contribution is -0.389. The number of halogens is 2. The molecule has 3 heterocycles.